The van der Waals surface area contributed by atoms with Gasteiger partial charge >= 0.3 is 0 Å². The van der Waals surface area contributed by atoms with E-state index in [1.807, 2.05) is 31.2 Å². The van der Waals surface area contributed by atoms with E-state index in [0.717, 1.165) is 16.9 Å². The lowest BCUT2D eigenvalue weighted by molar-refractivity contribution is 0.101. The van der Waals surface area contributed by atoms with Crippen LogP contribution in [0.4, 0.5) is 0 Å². The predicted molar refractivity (Wildman–Crippen MR) is 93.0 cm³/mol. The lowest BCUT2D eigenvalue weighted by Gasteiger charge is -2.09. The molecular formula is C19H21NO4. The van der Waals surface area contributed by atoms with Crippen molar-refractivity contribution in [2.75, 3.05) is 13.7 Å². The van der Waals surface area contributed by atoms with Crippen molar-refractivity contribution in [1.29, 1.82) is 0 Å². The van der Waals surface area contributed by atoms with Gasteiger partial charge in [-0.2, -0.15) is 0 Å². The van der Waals surface area contributed by atoms with Crippen LogP contribution in [0.25, 0.3) is 0 Å². The summed E-state index contributed by atoms with van der Waals surface area (Å²) in [4.78, 5) is 16.8. The van der Waals surface area contributed by atoms with E-state index in [-0.39, 0.29) is 12.4 Å². The van der Waals surface area contributed by atoms with Crippen molar-refractivity contribution in [3.63, 3.8) is 0 Å². The highest BCUT2D eigenvalue weighted by atomic mass is 16.6. The number of hydrogen-bond donors (Lipinski definition) is 0. The lowest BCUT2D eigenvalue weighted by atomic mass is 10.1. The molecule has 0 fully saturated rings. The highest BCUT2D eigenvalue weighted by Gasteiger charge is 2.07. The largest absolute Gasteiger partial charge is 0.496 e. The van der Waals surface area contributed by atoms with E-state index in [2.05, 4.69) is 5.16 Å². The van der Waals surface area contributed by atoms with Gasteiger partial charge in [0, 0.05) is 16.7 Å². The van der Waals surface area contributed by atoms with Crippen LogP contribution in [0.2, 0.25) is 0 Å². The molecule has 0 saturated carbocycles. The van der Waals surface area contributed by atoms with Crippen LogP contribution in [0.5, 0.6) is 11.5 Å². The van der Waals surface area contributed by atoms with Gasteiger partial charge in [-0.15, -0.1) is 0 Å². The average Bonchev–Trinajstić information content (AvgIpc) is 2.60. The minimum atomic E-state index is -0.00644. The van der Waals surface area contributed by atoms with Gasteiger partial charge in [0.1, 0.15) is 18.1 Å². The summed E-state index contributed by atoms with van der Waals surface area (Å²) in [6, 6.07) is 12.8. The quantitative estimate of drug-likeness (QED) is 0.420. The zero-order valence-electron chi connectivity index (χ0n) is 14.1. The van der Waals surface area contributed by atoms with Crippen LogP contribution in [0.1, 0.15) is 35.3 Å². The number of benzene rings is 2. The maximum atomic E-state index is 11.5. The molecular weight excluding hydrogens is 306 g/mol. The zero-order valence-corrected chi connectivity index (χ0v) is 14.1. The first kappa shape index (κ1) is 17.5. The molecule has 0 N–H and O–H groups in total. The van der Waals surface area contributed by atoms with Crippen molar-refractivity contribution in [2.45, 2.75) is 20.5 Å². The van der Waals surface area contributed by atoms with Crippen LogP contribution < -0.4 is 9.47 Å². The van der Waals surface area contributed by atoms with Crippen molar-refractivity contribution in [1.82, 2.24) is 0 Å². The minimum Gasteiger partial charge on any atom is -0.496 e. The Hall–Kier alpha value is -2.82. The van der Waals surface area contributed by atoms with E-state index in [4.69, 9.17) is 14.3 Å². The monoisotopic (exact) mass is 327 g/mol. The van der Waals surface area contributed by atoms with E-state index < -0.39 is 0 Å². The third kappa shape index (κ3) is 4.59. The highest BCUT2D eigenvalue weighted by molar-refractivity contribution is 5.94. The van der Waals surface area contributed by atoms with Gasteiger partial charge < -0.3 is 14.3 Å². The number of methoxy groups -OCH3 is 1. The molecule has 5 heteroatoms. The first-order valence-corrected chi connectivity index (χ1v) is 7.70. The Morgan fingerprint density at radius 1 is 1.17 bits per heavy atom. The molecule has 0 amide bonds. The summed E-state index contributed by atoms with van der Waals surface area (Å²) in [6.45, 7) is 4.24. The second kappa shape index (κ2) is 8.72. The molecule has 0 aliphatic carbocycles. The van der Waals surface area contributed by atoms with E-state index in [9.17, 15) is 4.79 Å². The van der Waals surface area contributed by atoms with E-state index >= 15 is 0 Å². The number of rotatable bonds is 8. The standard InChI is InChI=1S/C19H21NO4/c1-4-23-19-8-6-5-7-16(19)12-20-24-13-17-11-15(14(2)21)9-10-18(17)22-3/h5-12H,4,13H2,1-3H3. The van der Waals surface area contributed by atoms with Crippen LogP contribution in [0.15, 0.2) is 47.6 Å². The number of ketones is 1. The van der Waals surface area contributed by atoms with Gasteiger partial charge in [-0.05, 0) is 44.2 Å². The van der Waals surface area contributed by atoms with Gasteiger partial charge in [0.25, 0.3) is 0 Å². The summed E-state index contributed by atoms with van der Waals surface area (Å²) >= 11 is 0. The van der Waals surface area contributed by atoms with Gasteiger partial charge in [-0.3, -0.25) is 4.79 Å². The Morgan fingerprint density at radius 2 is 1.96 bits per heavy atom. The molecule has 5 nitrogen and oxygen atoms in total. The number of Topliss-reactive ketones (excluding diaryl/α,β-unsaturated/α-hetero) is 1. The number of hydrogen-bond acceptors (Lipinski definition) is 5. The number of ether oxygens (including phenoxy) is 2. The second-order valence-corrected chi connectivity index (χ2v) is 5.06. The Labute approximate surface area is 141 Å². The Morgan fingerprint density at radius 3 is 2.67 bits per heavy atom. The fraction of sp³-hybridized carbons (Fsp3) is 0.263. The molecule has 2 aromatic rings. The smallest absolute Gasteiger partial charge is 0.159 e. The van der Waals surface area contributed by atoms with Gasteiger partial charge in [-0.25, -0.2) is 0 Å². The number of carbonyl (C=O) groups is 1. The normalized spacial score (nSPS) is 10.6. The van der Waals surface area contributed by atoms with Crippen LogP contribution in [0, 0.1) is 0 Å². The van der Waals surface area contributed by atoms with Crippen molar-refractivity contribution in [3.8, 4) is 11.5 Å². The fourth-order valence-corrected chi connectivity index (χ4v) is 2.19. The average molecular weight is 327 g/mol. The molecule has 0 aliphatic rings. The first-order chi connectivity index (χ1) is 11.7. The lowest BCUT2D eigenvalue weighted by Crippen LogP contribution is -1.99. The molecule has 0 bridgehead atoms. The van der Waals surface area contributed by atoms with Crippen LogP contribution in [-0.4, -0.2) is 25.7 Å². The van der Waals surface area contributed by atoms with Crippen LogP contribution in [-0.2, 0) is 11.4 Å². The SMILES string of the molecule is CCOc1ccccc1C=NOCc1cc(C(C)=O)ccc1OC. The molecule has 0 radical (unpaired) electrons. The molecule has 0 aromatic heterocycles. The third-order valence-electron chi connectivity index (χ3n) is 3.39. The Balaban J connectivity index is 2.06. The molecule has 24 heavy (non-hydrogen) atoms. The molecule has 126 valence electrons. The first-order valence-electron chi connectivity index (χ1n) is 7.70. The summed E-state index contributed by atoms with van der Waals surface area (Å²) < 4.78 is 10.8. The van der Waals surface area contributed by atoms with Crippen molar-refractivity contribution < 1.29 is 19.1 Å². The van der Waals surface area contributed by atoms with Gasteiger partial charge in [-0.1, -0.05) is 17.3 Å². The molecule has 0 heterocycles. The maximum Gasteiger partial charge on any atom is 0.159 e. The molecule has 2 rings (SSSR count). The minimum absolute atomic E-state index is 0.00644. The van der Waals surface area contributed by atoms with Crippen molar-refractivity contribution in [2.24, 2.45) is 5.16 Å². The van der Waals surface area contributed by atoms with E-state index in [1.165, 1.54) is 6.92 Å². The summed E-state index contributed by atoms with van der Waals surface area (Å²) in [6.07, 6.45) is 1.60. The molecule has 0 unspecified atom stereocenters. The molecule has 0 saturated heterocycles. The number of nitrogens with zero attached hydrogens (tertiary/aromatic N) is 1. The zero-order chi connectivity index (χ0) is 17.4. The Kier molecular flexibility index (Phi) is 6.37. The van der Waals surface area contributed by atoms with E-state index in [0.29, 0.717) is 17.9 Å². The summed E-state index contributed by atoms with van der Waals surface area (Å²) in [5.74, 6) is 1.40. The molecule has 0 spiro atoms. The number of carbonyl (C=O) groups excluding carboxylic acids is 1. The third-order valence-corrected chi connectivity index (χ3v) is 3.39. The second-order valence-electron chi connectivity index (χ2n) is 5.06. The summed E-state index contributed by atoms with van der Waals surface area (Å²) in [5, 5.41) is 3.98. The van der Waals surface area contributed by atoms with Gasteiger partial charge in [0.2, 0.25) is 0 Å². The molecule has 0 atom stereocenters. The predicted octanol–water partition coefficient (Wildman–Crippen LogP) is 3.85. The molecule has 0 aliphatic heterocycles. The van der Waals surface area contributed by atoms with Crippen LogP contribution in [0.3, 0.4) is 0 Å². The van der Waals surface area contributed by atoms with Crippen molar-refractivity contribution in [3.05, 3.63) is 59.2 Å². The van der Waals surface area contributed by atoms with Gasteiger partial charge in [0.15, 0.2) is 5.78 Å². The summed E-state index contributed by atoms with van der Waals surface area (Å²) in [5.41, 5.74) is 2.21. The van der Waals surface area contributed by atoms with Gasteiger partial charge in [0.05, 0.1) is 19.9 Å². The summed E-state index contributed by atoms with van der Waals surface area (Å²) in [7, 11) is 1.58. The Bertz CT molecular complexity index is 725. The number of oxime groups is 1. The molecule has 2 aromatic carbocycles. The maximum absolute atomic E-state index is 11.5. The van der Waals surface area contributed by atoms with Crippen molar-refractivity contribution >= 4 is 12.0 Å². The van der Waals surface area contributed by atoms with E-state index in [1.54, 1.807) is 31.5 Å². The number of para-hydroxylation sites is 1. The highest BCUT2D eigenvalue weighted by Crippen LogP contribution is 2.21. The van der Waals surface area contributed by atoms with Crippen LogP contribution >= 0.6 is 0 Å². The fourth-order valence-electron chi connectivity index (χ4n) is 2.19. The topological polar surface area (TPSA) is 57.1 Å².